The Kier molecular flexibility index (Phi) is 4.45. The fourth-order valence-corrected chi connectivity index (χ4v) is 3.38. The maximum absolute atomic E-state index is 5.66. The van der Waals surface area contributed by atoms with Crippen molar-refractivity contribution in [1.29, 1.82) is 0 Å². The van der Waals surface area contributed by atoms with Crippen molar-refractivity contribution in [2.24, 2.45) is 0 Å². The van der Waals surface area contributed by atoms with Crippen LogP contribution in [0.15, 0.2) is 48.7 Å². The number of benzene rings is 2. The van der Waals surface area contributed by atoms with Gasteiger partial charge < -0.3 is 0 Å². The molecule has 0 amide bonds. The van der Waals surface area contributed by atoms with Gasteiger partial charge in [-0.2, -0.15) is 4.80 Å². The van der Waals surface area contributed by atoms with Crippen LogP contribution in [0.5, 0.6) is 0 Å². The lowest BCUT2D eigenvalue weighted by molar-refractivity contribution is 0.572. The highest BCUT2D eigenvalue weighted by atomic mass is 32.1. The molecule has 0 bridgehead atoms. The number of hydrogen-bond acceptors (Lipinski definition) is 4. The standard InChI is InChI=1S/C20H20N6S/c1-13-6-4-8-16(10-13)12-25-23-19(22-24-25)17-11-21-26(20(17)27)18-9-5-7-14(2)15(18)3/h4-11,21H,12H2,1-3H3. The molecule has 0 spiro atoms. The minimum atomic E-state index is 0.521. The lowest BCUT2D eigenvalue weighted by Gasteiger charge is -2.09. The van der Waals surface area contributed by atoms with Crippen molar-refractivity contribution in [2.45, 2.75) is 27.3 Å². The molecule has 4 rings (SSSR count). The van der Waals surface area contributed by atoms with Gasteiger partial charge in [0, 0.05) is 6.20 Å². The number of nitrogens with zero attached hydrogens (tertiary/aromatic N) is 5. The van der Waals surface area contributed by atoms with E-state index in [-0.39, 0.29) is 0 Å². The number of aryl methyl sites for hydroxylation is 2. The number of hydrogen-bond donors (Lipinski definition) is 1. The molecule has 0 fully saturated rings. The smallest absolute Gasteiger partial charge is 0.209 e. The van der Waals surface area contributed by atoms with E-state index in [4.69, 9.17) is 12.2 Å². The Morgan fingerprint density at radius 3 is 2.70 bits per heavy atom. The first kappa shape index (κ1) is 17.4. The highest BCUT2D eigenvalue weighted by Crippen LogP contribution is 2.22. The second kappa shape index (κ2) is 6.92. The zero-order chi connectivity index (χ0) is 19.0. The molecule has 4 aromatic rings. The molecule has 0 unspecified atom stereocenters. The van der Waals surface area contributed by atoms with Gasteiger partial charge in [-0.15, -0.1) is 10.2 Å². The molecule has 2 heterocycles. The van der Waals surface area contributed by atoms with Gasteiger partial charge in [-0.05, 0) is 48.7 Å². The maximum atomic E-state index is 5.66. The molecule has 7 heteroatoms. The molecule has 0 aliphatic rings. The van der Waals surface area contributed by atoms with Crippen LogP contribution in [0.1, 0.15) is 22.3 Å². The molecule has 27 heavy (non-hydrogen) atoms. The Morgan fingerprint density at radius 1 is 1.07 bits per heavy atom. The van der Waals surface area contributed by atoms with Crippen LogP contribution in [0.25, 0.3) is 17.1 Å². The average molecular weight is 376 g/mol. The summed E-state index contributed by atoms with van der Waals surface area (Å²) in [5.74, 6) is 0.521. The number of aromatic amines is 1. The summed E-state index contributed by atoms with van der Waals surface area (Å²) in [7, 11) is 0. The second-order valence-electron chi connectivity index (χ2n) is 6.68. The number of rotatable bonds is 4. The van der Waals surface area contributed by atoms with Crippen molar-refractivity contribution in [3.8, 4) is 17.1 Å². The minimum absolute atomic E-state index is 0.521. The van der Waals surface area contributed by atoms with E-state index in [9.17, 15) is 0 Å². The molecule has 0 saturated heterocycles. The summed E-state index contributed by atoms with van der Waals surface area (Å²) in [4.78, 5) is 1.59. The molecule has 0 aliphatic carbocycles. The summed E-state index contributed by atoms with van der Waals surface area (Å²) in [6, 6.07) is 14.4. The van der Waals surface area contributed by atoms with Gasteiger partial charge in [-0.3, -0.25) is 5.10 Å². The van der Waals surface area contributed by atoms with E-state index in [1.165, 1.54) is 16.7 Å². The van der Waals surface area contributed by atoms with E-state index >= 15 is 0 Å². The summed E-state index contributed by atoms with van der Waals surface area (Å²) in [6.45, 7) is 6.82. The molecule has 0 radical (unpaired) electrons. The normalized spacial score (nSPS) is 11.1. The first-order valence-corrected chi connectivity index (χ1v) is 9.14. The quantitative estimate of drug-likeness (QED) is 0.543. The van der Waals surface area contributed by atoms with Crippen molar-refractivity contribution in [3.05, 3.63) is 75.6 Å². The van der Waals surface area contributed by atoms with E-state index in [1.54, 1.807) is 4.80 Å². The van der Waals surface area contributed by atoms with Crippen molar-refractivity contribution in [3.63, 3.8) is 0 Å². The Morgan fingerprint density at radius 2 is 1.89 bits per heavy atom. The summed E-state index contributed by atoms with van der Waals surface area (Å²) >= 11 is 5.66. The predicted molar refractivity (Wildman–Crippen MR) is 108 cm³/mol. The van der Waals surface area contributed by atoms with Gasteiger partial charge in [-0.1, -0.05) is 54.2 Å². The molecular formula is C20H20N6S. The van der Waals surface area contributed by atoms with Crippen molar-refractivity contribution in [2.75, 3.05) is 0 Å². The third-order valence-electron chi connectivity index (χ3n) is 4.69. The van der Waals surface area contributed by atoms with E-state index in [0.717, 1.165) is 16.8 Å². The number of H-pyrrole nitrogens is 1. The molecule has 2 aromatic heterocycles. The topological polar surface area (TPSA) is 64.3 Å². The van der Waals surface area contributed by atoms with Crippen LogP contribution >= 0.6 is 12.2 Å². The summed E-state index contributed by atoms with van der Waals surface area (Å²) in [5, 5.41) is 16.1. The van der Waals surface area contributed by atoms with Gasteiger partial charge in [0.1, 0.15) is 4.64 Å². The fourth-order valence-electron chi connectivity index (χ4n) is 3.08. The molecule has 136 valence electrons. The SMILES string of the molecule is Cc1cccc(Cn2nnc(-c3c[nH]n(-c4cccc(C)c4C)c3=S)n2)c1. The highest BCUT2D eigenvalue weighted by molar-refractivity contribution is 7.71. The van der Waals surface area contributed by atoms with Crippen LogP contribution in [0, 0.1) is 25.4 Å². The summed E-state index contributed by atoms with van der Waals surface area (Å²) in [5.41, 5.74) is 6.53. The average Bonchev–Trinajstić information content (AvgIpc) is 3.24. The summed E-state index contributed by atoms with van der Waals surface area (Å²) < 4.78 is 2.52. The van der Waals surface area contributed by atoms with Crippen LogP contribution in [0.4, 0.5) is 0 Å². The van der Waals surface area contributed by atoms with Crippen LogP contribution < -0.4 is 0 Å². The molecule has 1 N–H and O–H groups in total. The maximum Gasteiger partial charge on any atom is 0.209 e. The van der Waals surface area contributed by atoms with Crippen LogP contribution in [-0.2, 0) is 6.54 Å². The monoisotopic (exact) mass is 376 g/mol. The first-order valence-electron chi connectivity index (χ1n) is 8.73. The van der Waals surface area contributed by atoms with Gasteiger partial charge in [-0.25, -0.2) is 4.68 Å². The van der Waals surface area contributed by atoms with Crippen LogP contribution in [-0.4, -0.2) is 30.0 Å². The third kappa shape index (κ3) is 3.33. The van der Waals surface area contributed by atoms with Crippen LogP contribution in [0.3, 0.4) is 0 Å². The van der Waals surface area contributed by atoms with Crippen molar-refractivity contribution in [1.82, 2.24) is 30.0 Å². The van der Waals surface area contributed by atoms with Gasteiger partial charge in [0.15, 0.2) is 0 Å². The van der Waals surface area contributed by atoms with Crippen molar-refractivity contribution >= 4 is 12.2 Å². The number of tetrazole rings is 1. The number of aromatic nitrogens is 6. The summed E-state index contributed by atoms with van der Waals surface area (Å²) in [6.07, 6.45) is 1.83. The molecule has 0 aliphatic heterocycles. The van der Waals surface area contributed by atoms with Gasteiger partial charge >= 0.3 is 0 Å². The zero-order valence-electron chi connectivity index (χ0n) is 15.5. The largest absolute Gasteiger partial charge is 0.299 e. The van der Waals surface area contributed by atoms with Gasteiger partial charge in [0.05, 0.1) is 17.8 Å². The Labute approximate surface area is 162 Å². The van der Waals surface area contributed by atoms with E-state index in [0.29, 0.717) is 17.0 Å². The molecule has 2 aromatic carbocycles. The number of nitrogens with one attached hydrogen (secondary N) is 1. The third-order valence-corrected chi connectivity index (χ3v) is 5.09. The van der Waals surface area contributed by atoms with E-state index in [1.807, 2.05) is 29.1 Å². The van der Waals surface area contributed by atoms with Gasteiger partial charge in [0.2, 0.25) is 5.82 Å². The van der Waals surface area contributed by atoms with Gasteiger partial charge in [0.25, 0.3) is 0 Å². The highest BCUT2D eigenvalue weighted by Gasteiger charge is 2.14. The minimum Gasteiger partial charge on any atom is -0.299 e. The second-order valence-corrected chi connectivity index (χ2v) is 7.07. The van der Waals surface area contributed by atoms with E-state index in [2.05, 4.69) is 65.5 Å². The predicted octanol–water partition coefficient (Wildman–Crippen LogP) is 4.16. The van der Waals surface area contributed by atoms with E-state index < -0.39 is 0 Å². The fraction of sp³-hybridized carbons (Fsp3) is 0.200. The Balaban J connectivity index is 1.66. The first-order chi connectivity index (χ1) is 13.0. The molecule has 6 nitrogen and oxygen atoms in total. The van der Waals surface area contributed by atoms with Crippen LogP contribution in [0.2, 0.25) is 0 Å². The Bertz CT molecular complexity index is 1170. The zero-order valence-corrected chi connectivity index (χ0v) is 16.3. The Hall–Kier alpha value is -3.06. The lowest BCUT2D eigenvalue weighted by Crippen LogP contribution is -2.04. The molecule has 0 atom stereocenters. The molecule has 0 saturated carbocycles. The van der Waals surface area contributed by atoms with Crippen molar-refractivity contribution < 1.29 is 0 Å². The lowest BCUT2D eigenvalue weighted by atomic mass is 10.1. The molecular weight excluding hydrogens is 356 g/mol.